The molecule has 2 aliphatic heterocycles. The average molecular weight is 306 g/mol. The van der Waals surface area contributed by atoms with Crippen LogP contribution in [0.1, 0.15) is 11.8 Å². The first-order chi connectivity index (χ1) is 10.7. The SMILES string of the molecule is Nc1cccc([C@@H]2CN(CC(=O)N3CCOCC3)CCO2)n1. The lowest BCUT2D eigenvalue weighted by molar-refractivity contribution is -0.138. The van der Waals surface area contributed by atoms with Crippen molar-refractivity contribution in [2.45, 2.75) is 6.10 Å². The van der Waals surface area contributed by atoms with Crippen molar-refractivity contribution >= 4 is 11.7 Å². The van der Waals surface area contributed by atoms with E-state index in [-0.39, 0.29) is 12.0 Å². The van der Waals surface area contributed by atoms with Crippen LogP contribution in [0.2, 0.25) is 0 Å². The lowest BCUT2D eigenvalue weighted by atomic mass is 10.2. The highest BCUT2D eigenvalue weighted by molar-refractivity contribution is 5.78. The molecule has 0 unspecified atom stereocenters. The van der Waals surface area contributed by atoms with Gasteiger partial charge in [-0.3, -0.25) is 9.69 Å². The van der Waals surface area contributed by atoms with E-state index >= 15 is 0 Å². The smallest absolute Gasteiger partial charge is 0.236 e. The number of amides is 1. The van der Waals surface area contributed by atoms with Crippen molar-refractivity contribution in [2.75, 3.05) is 58.3 Å². The van der Waals surface area contributed by atoms with E-state index in [0.717, 1.165) is 12.2 Å². The van der Waals surface area contributed by atoms with E-state index in [1.807, 2.05) is 17.0 Å². The molecule has 1 aromatic rings. The third-order valence-corrected chi connectivity index (χ3v) is 4.00. The first-order valence-electron chi connectivity index (χ1n) is 7.64. The summed E-state index contributed by atoms with van der Waals surface area (Å²) in [5.41, 5.74) is 6.55. The van der Waals surface area contributed by atoms with Gasteiger partial charge in [0.15, 0.2) is 0 Å². The second kappa shape index (κ2) is 7.04. The predicted molar refractivity (Wildman–Crippen MR) is 81.2 cm³/mol. The fraction of sp³-hybridized carbons (Fsp3) is 0.600. The fourth-order valence-corrected chi connectivity index (χ4v) is 2.78. The zero-order valence-corrected chi connectivity index (χ0v) is 12.6. The zero-order valence-electron chi connectivity index (χ0n) is 12.6. The second-order valence-electron chi connectivity index (χ2n) is 5.58. The molecule has 7 heteroatoms. The lowest BCUT2D eigenvalue weighted by Gasteiger charge is -2.34. The number of hydrogen-bond acceptors (Lipinski definition) is 6. The number of hydrogen-bond donors (Lipinski definition) is 1. The number of aromatic nitrogens is 1. The summed E-state index contributed by atoms with van der Waals surface area (Å²) < 4.78 is 11.1. The number of carbonyl (C=O) groups is 1. The Morgan fingerprint density at radius 1 is 1.27 bits per heavy atom. The highest BCUT2D eigenvalue weighted by Crippen LogP contribution is 2.21. The van der Waals surface area contributed by atoms with Crippen molar-refractivity contribution in [3.63, 3.8) is 0 Å². The van der Waals surface area contributed by atoms with Gasteiger partial charge in [-0.25, -0.2) is 4.98 Å². The summed E-state index contributed by atoms with van der Waals surface area (Å²) in [5.74, 6) is 0.645. The zero-order chi connectivity index (χ0) is 15.4. The number of nitrogens with zero attached hydrogens (tertiary/aromatic N) is 3. The molecule has 0 saturated carbocycles. The molecule has 22 heavy (non-hydrogen) atoms. The Labute approximate surface area is 130 Å². The minimum absolute atomic E-state index is 0.130. The Hall–Kier alpha value is -1.70. The third kappa shape index (κ3) is 3.73. The van der Waals surface area contributed by atoms with Crippen molar-refractivity contribution < 1.29 is 14.3 Å². The highest BCUT2D eigenvalue weighted by Gasteiger charge is 2.26. The Morgan fingerprint density at radius 2 is 2.09 bits per heavy atom. The third-order valence-electron chi connectivity index (χ3n) is 4.00. The van der Waals surface area contributed by atoms with Crippen LogP contribution >= 0.6 is 0 Å². The van der Waals surface area contributed by atoms with Crippen LogP contribution in [0.15, 0.2) is 18.2 Å². The van der Waals surface area contributed by atoms with E-state index < -0.39 is 0 Å². The first-order valence-corrected chi connectivity index (χ1v) is 7.64. The van der Waals surface area contributed by atoms with Gasteiger partial charge in [0, 0.05) is 26.2 Å². The molecule has 7 nitrogen and oxygen atoms in total. The second-order valence-corrected chi connectivity index (χ2v) is 5.58. The van der Waals surface area contributed by atoms with Gasteiger partial charge < -0.3 is 20.1 Å². The molecule has 0 aliphatic carbocycles. The molecule has 0 aromatic carbocycles. The maximum atomic E-state index is 12.3. The number of carbonyl (C=O) groups excluding carboxylic acids is 1. The largest absolute Gasteiger partial charge is 0.384 e. The Bertz CT molecular complexity index is 519. The topological polar surface area (TPSA) is 80.9 Å². The van der Waals surface area contributed by atoms with E-state index in [2.05, 4.69) is 9.88 Å². The van der Waals surface area contributed by atoms with E-state index in [1.54, 1.807) is 6.07 Å². The molecule has 2 aliphatic rings. The van der Waals surface area contributed by atoms with Crippen LogP contribution in [0, 0.1) is 0 Å². The average Bonchev–Trinajstić information content (AvgIpc) is 2.56. The van der Waals surface area contributed by atoms with Crippen LogP contribution in [-0.2, 0) is 14.3 Å². The number of anilines is 1. The minimum atomic E-state index is -0.130. The molecule has 0 bridgehead atoms. The van der Waals surface area contributed by atoms with E-state index in [1.165, 1.54) is 0 Å². The summed E-state index contributed by atoms with van der Waals surface area (Å²) in [7, 11) is 0. The van der Waals surface area contributed by atoms with Crippen LogP contribution in [0.25, 0.3) is 0 Å². The standard InChI is InChI=1S/C15H22N4O3/c16-14-3-1-2-12(17-14)13-10-18(4-9-22-13)11-15(20)19-5-7-21-8-6-19/h1-3,13H,4-11H2,(H2,16,17)/t13-/m0/s1. The van der Waals surface area contributed by atoms with Gasteiger partial charge in [-0.15, -0.1) is 0 Å². The summed E-state index contributed by atoms with van der Waals surface area (Å²) in [6.45, 7) is 5.06. The van der Waals surface area contributed by atoms with Gasteiger partial charge in [0.2, 0.25) is 5.91 Å². The molecule has 1 amide bonds. The van der Waals surface area contributed by atoms with Crippen LogP contribution < -0.4 is 5.73 Å². The van der Waals surface area contributed by atoms with Crippen molar-refractivity contribution in [2.24, 2.45) is 0 Å². The summed E-state index contributed by atoms with van der Waals surface area (Å²) in [4.78, 5) is 20.6. The van der Waals surface area contributed by atoms with Crippen molar-refractivity contribution in [1.29, 1.82) is 0 Å². The van der Waals surface area contributed by atoms with E-state index in [0.29, 0.717) is 51.8 Å². The Kier molecular flexibility index (Phi) is 4.87. The molecule has 0 spiro atoms. The normalized spacial score (nSPS) is 23.5. The molecule has 3 heterocycles. The molecule has 2 N–H and O–H groups in total. The van der Waals surface area contributed by atoms with Gasteiger partial charge in [0.05, 0.1) is 32.1 Å². The highest BCUT2D eigenvalue weighted by atomic mass is 16.5. The summed E-state index contributed by atoms with van der Waals surface area (Å²) >= 11 is 0. The van der Waals surface area contributed by atoms with Crippen LogP contribution in [0.5, 0.6) is 0 Å². The van der Waals surface area contributed by atoms with Crippen LogP contribution in [-0.4, -0.2) is 73.2 Å². The van der Waals surface area contributed by atoms with E-state index in [4.69, 9.17) is 15.2 Å². The molecular weight excluding hydrogens is 284 g/mol. The number of nitrogens with two attached hydrogens (primary N) is 1. The number of ether oxygens (including phenoxy) is 2. The maximum absolute atomic E-state index is 12.3. The Balaban J connectivity index is 1.57. The molecule has 1 aromatic heterocycles. The summed E-state index contributed by atoms with van der Waals surface area (Å²) in [5, 5.41) is 0. The number of rotatable bonds is 3. The fourth-order valence-electron chi connectivity index (χ4n) is 2.78. The lowest BCUT2D eigenvalue weighted by Crippen LogP contribution is -2.48. The van der Waals surface area contributed by atoms with Gasteiger partial charge >= 0.3 is 0 Å². The molecular formula is C15H22N4O3. The monoisotopic (exact) mass is 306 g/mol. The van der Waals surface area contributed by atoms with Crippen molar-refractivity contribution in [3.05, 3.63) is 23.9 Å². The van der Waals surface area contributed by atoms with Gasteiger partial charge in [-0.1, -0.05) is 6.07 Å². The molecule has 3 rings (SSSR count). The molecule has 2 saturated heterocycles. The van der Waals surface area contributed by atoms with Crippen LogP contribution in [0.3, 0.4) is 0 Å². The quantitative estimate of drug-likeness (QED) is 0.839. The first kappa shape index (κ1) is 15.2. The molecule has 120 valence electrons. The van der Waals surface area contributed by atoms with Gasteiger partial charge in [-0.2, -0.15) is 0 Å². The molecule has 1 atom stereocenters. The molecule has 2 fully saturated rings. The predicted octanol–water partition coefficient (Wildman–Crippen LogP) is -0.104. The summed E-state index contributed by atoms with van der Waals surface area (Å²) in [6, 6.07) is 5.54. The number of morpholine rings is 2. The number of pyridine rings is 1. The van der Waals surface area contributed by atoms with Crippen molar-refractivity contribution in [3.8, 4) is 0 Å². The van der Waals surface area contributed by atoms with Crippen LogP contribution in [0.4, 0.5) is 5.82 Å². The van der Waals surface area contributed by atoms with Crippen molar-refractivity contribution in [1.82, 2.24) is 14.8 Å². The molecule has 0 radical (unpaired) electrons. The summed E-state index contributed by atoms with van der Waals surface area (Å²) in [6.07, 6.45) is -0.130. The number of nitrogen functional groups attached to an aromatic ring is 1. The van der Waals surface area contributed by atoms with Gasteiger partial charge in [-0.05, 0) is 12.1 Å². The minimum Gasteiger partial charge on any atom is -0.384 e. The Morgan fingerprint density at radius 3 is 2.86 bits per heavy atom. The van der Waals surface area contributed by atoms with Gasteiger partial charge in [0.1, 0.15) is 11.9 Å². The van der Waals surface area contributed by atoms with E-state index in [9.17, 15) is 4.79 Å². The maximum Gasteiger partial charge on any atom is 0.236 e. The van der Waals surface area contributed by atoms with Gasteiger partial charge in [0.25, 0.3) is 0 Å².